The first-order chi connectivity index (χ1) is 20.9. The van der Waals surface area contributed by atoms with Crippen molar-refractivity contribution in [3.05, 3.63) is 103 Å². The van der Waals surface area contributed by atoms with Crippen molar-refractivity contribution >= 4 is 29.4 Å². The van der Waals surface area contributed by atoms with Crippen LogP contribution in [0.15, 0.2) is 80.6 Å². The van der Waals surface area contributed by atoms with Crippen LogP contribution in [0.25, 0.3) is 17.4 Å². The summed E-state index contributed by atoms with van der Waals surface area (Å²) in [4.78, 5) is 43.7. The number of furan rings is 1. The minimum absolute atomic E-state index is 0.204. The highest BCUT2D eigenvalue weighted by atomic mass is 32.1. The zero-order valence-corrected chi connectivity index (χ0v) is 24.9. The average molecular weight is 603 g/mol. The van der Waals surface area contributed by atoms with E-state index in [1.807, 2.05) is 19.9 Å². The van der Waals surface area contributed by atoms with Crippen molar-refractivity contribution in [2.75, 3.05) is 26.9 Å². The van der Waals surface area contributed by atoms with Gasteiger partial charge in [0.15, 0.2) is 16.3 Å². The molecule has 1 atom stereocenters. The van der Waals surface area contributed by atoms with Gasteiger partial charge in [-0.25, -0.2) is 14.6 Å². The maximum atomic E-state index is 13.8. The number of esters is 2. The van der Waals surface area contributed by atoms with E-state index in [4.69, 9.17) is 23.4 Å². The molecule has 10 nitrogen and oxygen atoms in total. The molecule has 11 heteroatoms. The Kier molecular flexibility index (Phi) is 8.91. The number of nitrogens with zero attached hydrogens (tertiary/aromatic N) is 2. The van der Waals surface area contributed by atoms with Crippen molar-refractivity contribution in [1.29, 1.82) is 0 Å². The van der Waals surface area contributed by atoms with Gasteiger partial charge < -0.3 is 23.4 Å². The predicted octanol–water partition coefficient (Wildman–Crippen LogP) is 4.25. The van der Waals surface area contributed by atoms with Gasteiger partial charge in [0.2, 0.25) is 0 Å². The molecule has 0 unspecified atom stereocenters. The van der Waals surface area contributed by atoms with Crippen molar-refractivity contribution < 1.29 is 33.0 Å². The minimum atomic E-state index is -0.807. The Labute approximate surface area is 251 Å². The number of ether oxygens (including phenoxy) is 4. The molecule has 3 heterocycles. The van der Waals surface area contributed by atoms with Crippen LogP contribution >= 0.6 is 11.3 Å². The van der Waals surface area contributed by atoms with E-state index in [9.17, 15) is 14.4 Å². The van der Waals surface area contributed by atoms with Crippen LogP contribution in [0.1, 0.15) is 48.5 Å². The van der Waals surface area contributed by atoms with Crippen molar-refractivity contribution in [2.45, 2.75) is 26.8 Å². The lowest BCUT2D eigenvalue weighted by Gasteiger charge is -2.23. The van der Waals surface area contributed by atoms with Crippen molar-refractivity contribution in [1.82, 2.24) is 4.57 Å². The van der Waals surface area contributed by atoms with Gasteiger partial charge >= 0.3 is 11.9 Å². The number of rotatable bonds is 10. The van der Waals surface area contributed by atoms with E-state index in [1.54, 1.807) is 61.5 Å². The molecule has 0 spiro atoms. The molecule has 0 aliphatic carbocycles. The van der Waals surface area contributed by atoms with Gasteiger partial charge in [-0.2, -0.15) is 0 Å². The Hall–Kier alpha value is -4.90. The topological polar surface area (TPSA) is 119 Å². The smallest absolute Gasteiger partial charge is 0.338 e. The highest BCUT2D eigenvalue weighted by molar-refractivity contribution is 7.07. The van der Waals surface area contributed by atoms with Crippen molar-refractivity contribution in [3.8, 4) is 22.8 Å². The van der Waals surface area contributed by atoms with Gasteiger partial charge in [0.05, 0.1) is 48.6 Å². The standard InChI is InChI=1S/C32H30N2O8S/c1-5-39-25-13-11-20(16-26(25)40-6-2)28-23(31(37)38-4)18-33-32-34(28)29(35)27(43-32)17-22-12-14-24(42-22)19-9-8-10-21(15-19)30(36)41-7-3/h8-18,28H,5-7H2,1-4H3/b27-17+/t28-/m1/s1. The molecule has 0 saturated heterocycles. The van der Waals surface area contributed by atoms with Crippen LogP contribution < -0.4 is 24.4 Å². The SMILES string of the molecule is CCOC(=O)c1cccc(-c2ccc(/C=c3/sc4n(c3=O)[C@H](c3ccc(OCC)c(OCC)c3)C(C(=O)OC)=CN=4)o2)c1. The fourth-order valence-electron chi connectivity index (χ4n) is 4.72. The van der Waals surface area contributed by atoms with E-state index in [2.05, 4.69) is 4.99 Å². The Bertz CT molecular complexity index is 1880. The Morgan fingerprint density at radius 3 is 2.51 bits per heavy atom. The molecular weight excluding hydrogens is 572 g/mol. The van der Waals surface area contributed by atoms with Crippen molar-refractivity contribution in [3.63, 3.8) is 0 Å². The summed E-state index contributed by atoms with van der Waals surface area (Å²) < 4.78 is 29.5. The van der Waals surface area contributed by atoms with Gasteiger partial charge in [-0.1, -0.05) is 29.5 Å². The van der Waals surface area contributed by atoms with E-state index < -0.39 is 18.0 Å². The number of carbonyl (C=O) groups excluding carboxylic acids is 2. The molecule has 222 valence electrons. The third-order valence-electron chi connectivity index (χ3n) is 6.57. The lowest BCUT2D eigenvalue weighted by Crippen LogP contribution is -2.39. The summed E-state index contributed by atoms with van der Waals surface area (Å²) in [5.74, 6) is 1.000. The summed E-state index contributed by atoms with van der Waals surface area (Å²) >= 11 is 1.17. The molecular formula is C32H30N2O8S. The number of methoxy groups -OCH3 is 1. The first-order valence-electron chi connectivity index (χ1n) is 13.7. The van der Waals surface area contributed by atoms with E-state index in [0.717, 1.165) is 0 Å². The van der Waals surface area contributed by atoms with Crippen molar-refractivity contribution in [2.24, 2.45) is 4.99 Å². The largest absolute Gasteiger partial charge is 0.490 e. The monoisotopic (exact) mass is 602 g/mol. The van der Waals surface area contributed by atoms with Crippen LogP contribution in [0.4, 0.5) is 0 Å². The molecule has 0 bridgehead atoms. The van der Waals surface area contributed by atoms with Crippen LogP contribution in [0.3, 0.4) is 0 Å². The zero-order valence-electron chi connectivity index (χ0n) is 24.1. The van der Waals surface area contributed by atoms with Gasteiger partial charge in [0, 0.05) is 17.8 Å². The lowest BCUT2D eigenvalue weighted by molar-refractivity contribution is -0.136. The fraction of sp³-hybridized carbons (Fsp3) is 0.250. The maximum absolute atomic E-state index is 13.8. The number of fused-ring (bicyclic) bond motifs is 1. The second-order valence-corrected chi connectivity index (χ2v) is 10.3. The van der Waals surface area contributed by atoms with Crippen LogP contribution in [0, 0.1) is 0 Å². The van der Waals surface area contributed by atoms with Crippen LogP contribution in [-0.2, 0) is 14.3 Å². The van der Waals surface area contributed by atoms with E-state index >= 15 is 0 Å². The normalized spacial score (nSPS) is 14.4. The molecule has 0 saturated carbocycles. The maximum Gasteiger partial charge on any atom is 0.338 e. The van der Waals surface area contributed by atoms with E-state index in [0.29, 0.717) is 62.3 Å². The van der Waals surface area contributed by atoms with Gasteiger partial charge in [0.1, 0.15) is 11.5 Å². The summed E-state index contributed by atoms with van der Waals surface area (Å²) in [6.07, 6.45) is 3.06. The summed E-state index contributed by atoms with van der Waals surface area (Å²) in [5, 5.41) is 0. The predicted molar refractivity (Wildman–Crippen MR) is 160 cm³/mol. The van der Waals surface area contributed by atoms with Gasteiger partial charge in [-0.3, -0.25) is 9.36 Å². The van der Waals surface area contributed by atoms with Crippen LogP contribution in [0.5, 0.6) is 11.5 Å². The van der Waals surface area contributed by atoms with E-state index in [1.165, 1.54) is 29.2 Å². The number of hydrogen-bond donors (Lipinski definition) is 0. The second-order valence-electron chi connectivity index (χ2n) is 9.25. The molecule has 2 aromatic carbocycles. The Balaban J connectivity index is 1.56. The molecule has 0 fully saturated rings. The second kappa shape index (κ2) is 13.0. The summed E-state index contributed by atoms with van der Waals surface area (Å²) in [7, 11) is 1.28. The molecule has 0 radical (unpaired) electrons. The number of carbonyl (C=O) groups is 2. The molecule has 43 heavy (non-hydrogen) atoms. The molecule has 4 aromatic rings. The third-order valence-corrected chi connectivity index (χ3v) is 7.56. The molecule has 5 rings (SSSR count). The van der Waals surface area contributed by atoms with Gasteiger partial charge in [-0.15, -0.1) is 0 Å². The first kappa shape index (κ1) is 29.6. The fourth-order valence-corrected chi connectivity index (χ4v) is 5.67. The summed E-state index contributed by atoms with van der Waals surface area (Å²) in [5.41, 5.74) is 1.59. The molecule has 0 N–H and O–H groups in total. The van der Waals surface area contributed by atoms with E-state index in [-0.39, 0.29) is 17.7 Å². The van der Waals surface area contributed by atoms with Crippen LogP contribution in [0.2, 0.25) is 0 Å². The number of benzene rings is 2. The molecule has 1 aliphatic heterocycles. The summed E-state index contributed by atoms with van der Waals surface area (Å²) in [6, 6.07) is 14.9. The lowest BCUT2D eigenvalue weighted by atomic mass is 9.97. The number of aromatic nitrogens is 1. The Morgan fingerprint density at radius 1 is 0.977 bits per heavy atom. The number of thiazole rings is 1. The molecule has 1 aliphatic rings. The highest BCUT2D eigenvalue weighted by Gasteiger charge is 2.31. The third kappa shape index (κ3) is 6.02. The quantitative estimate of drug-likeness (QED) is 0.247. The van der Waals surface area contributed by atoms with Gasteiger partial charge in [0.25, 0.3) is 5.56 Å². The first-order valence-corrected chi connectivity index (χ1v) is 14.6. The summed E-state index contributed by atoms with van der Waals surface area (Å²) in [6.45, 7) is 6.63. The van der Waals surface area contributed by atoms with Crippen LogP contribution in [-0.4, -0.2) is 43.4 Å². The Morgan fingerprint density at radius 2 is 1.77 bits per heavy atom. The average Bonchev–Trinajstić information content (AvgIpc) is 3.62. The minimum Gasteiger partial charge on any atom is -0.490 e. The number of hydrogen-bond acceptors (Lipinski definition) is 10. The zero-order chi connectivity index (χ0) is 30.5. The molecule has 2 aromatic heterocycles. The van der Waals surface area contributed by atoms with Gasteiger partial charge in [-0.05, 0) is 62.7 Å². The highest BCUT2D eigenvalue weighted by Crippen LogP contribution is 2.35. The molecule has 0 amide bonds.